The van der Waals surface area contributed by atoms with E-state index in [2.05, 4.69) is 4.99 Å². The van der Waals surface area contributed by atoms with Gasteiger partial charge in [-0.2, -0.15) is 0 Å². The quantitative estimate of drug-likeness (QED) is 0.401. The Balaban J connectivity index is 1.59. The van der Waals surface area contributed by atoms with Gasteiger partial charge in [0.2, 0.25) is 5.91 Å². The highest BCUT2D eigenvalue weighted by Gasteiger charge is 2.47. The molecule has 152 valence electrons. The topological polar surface area (TPSA) is 51.1 Å². The maximum absolute atomic E-state index is 13.0. The lowest BCUT2D eigenvalue weighted by atomic mass is 10.0. The van der Waals surface area contributed by atoms with Crippen LogP contribution in [-0.2, 0) is 4.79 Å². The van der Waals surface area contributed by atoms with E-state index < -0.39 is 0 Å². The van der Waals surface area contributed by atoms with Gasteiger partial charge < -0.3 is 14.4 Å². The van der Waals surface area contributed by atoms with Gasteiger partial charge in [-0.25, -0.2) is 0 Å². The van der Waals surface area contributed by atoms with Crippen LogP contribution in [0.5, 0.6) is 11.5 Å². The summed E-state index contributed by atoms with van der Waals surface area (Å²) in [4.78, 5) is 20.5. The Morgan fingerprint density at radius 2 is 1.47 bits per heavy atom. The molecular formula is C24H22N2O3S. The van der Waals surface area contributed by atoms with Crippen LogP contribution in [0.1, 0.15) is 0 Å². The monoisotopic (exact) mass is 418 g/mol. The van der Waals surface area contributed by atoms with E-state index in [9.17, 15) is 4.79 Å². The van der Waals surface area contributed by atoms with Gasteiger partial charge in [-0.05, 0) is 60.7 Å². The van der Waals surface area contributed by atoms with E-state index in [1.54, 1.807) is 30.9 Å². The number of rotatable bonds is 7. The van der Waals surface area contributed by atoms with Gasteiger partial charge in [-0.1, -0.05) is 18.2 Å². The molecule has 3 aromatic rings. The molecule has 1 aliphatic heterocycles. The summed E-state index contributed by atoms with van der Waals surface area (Å²) >= 11 is 1.57. The lowest BCUT2D eigenvalue weighted by Gasteiger charge is -2.44. The average molecular weight is 419 g/mol. The number of benzene rings is 3. The van der Waals surface area contributed by atoms with E-state index >= 15 is 0 Å². The number of hydrogen-bond donors (Lipinski definition) is 0. The van der Waals surface area contributed by atoms with Crippen molar-refractivity contribution in [2.75, 3.05) is 19.1 Å². The molecule has 0 aliphatic carbocycles. The van der Waals surface area contributed by atoms with Gasteiger partial charge in [0.15, 0.2) is 0 Å². The molecule has 1 aliphatic rings. The first-order valence-electron chi connectivity index (χ1n) is 9.56. The largest absolute Gasteiger partial charge is 0.497 e. The fourth-order valence-electron chi connectivity index (χ4n) is 3.27. The van der Waals surface area contributed by atoms with Crippen LogP contribution < -0.4 is 14.4 Å². The SMILES string of the molecule is COc1ccc(N=C[C@@H]2[C@H](Sc3ccccc3)C(=O)N2c2ccc(OC)cc2)cc1. The summed E-state index contributed by atoms with van der Waals surface area (Å²) in [5, 5.41) is -0.225. The minimum absolute atomic E-state index is 0.0696. The van der Waals surface area contributed by atoms with E-state index in [0.29, 0.717) is 0 Å². The summed E-state index contributed by atoms with van der Waals surface area (Å²) < 4.78 is 10.4. The van der Waals surface area contributed by atoms with Crippen molar-refractivity contribution >= 4 is 35.3 Å². The van der Waals surface area contributed by atoms with E-state index in [-0.39, 0.29) is 17.2 Å². The van der Waals surface area contributed by atoms with Crippen LogP contribution in [0.4, 0.5) is 11.4 Å². The minimum atomic E-state index is -0.225. The molecule has 5 nitrogen and oxygen atoms in total. The van der Waals surface area contributed by atoms with Gasteiger partial charge in [0.25, 0.3) is 0 Å². The zero-order chi connectivity index (χ0) is 20.9. The molecule has 1 heterocycles. The molecule has 0 bridgehead atoms. The second-order valence-corrected chi connectivity index (χ2v) is 7.94. The third-order valence-electron chi connectivity index (χ3n) is 4.89. The second kappa shape index (κ2) is 9.05. The number of methoxy groups -OCH3 is 2. The van der Waals surface area contributed by atoms with Crippen LogP contribution in [-0.4, -0.2) is 37.6 Å². The molecule has 4 rings (SSSR count). The van der Waals surface area contributed by atoms with Gasteiger partial charge in [0, 0.05) is 16.8 Å². The Bertz CT molecular complexity index is 1020. The Hall–Kier alpha value is -3.25. The number of amides is 1. The van der Waals surface area contributed by atoms with Crippen molar-refractivity contribution in [3.63, 3.8) is 0 Å². The number of aliphatic imine (C=N–C) groups is 1. The van der Waals surface area contributed by atoms with Crippen molar-refractivity contribution in [1.29, 1.82) is 0 Å². The summed E-state index contributed by atoms with van der Waals surface area (Å²) in [6.07, 6.45) is 1.86. The number of carbonyl (C=O) groups is 1. The molecule has 1 amide bonds. The van der Waals surface area contributed by atoms with E-state index in [1.807, 2.05) is 85.1 Å². The highest BCUT2D eigenvalue weighted by atomic mass is 32.2. The molecule has 1 fully saturated rings. The number of hydrogen-bond acceptors (Lipinski definition) is 5. The first-order chi connectivity index (χ1) is 14.7. The smallest absolute Gasteiger partial charge is 0.243 e. The van der Waals surface area contributed by atoms with Crippen molar-refractivity contribution in [1.82, 2.24) is 0 Å². The van der Waals surface area contributed by atoms with E-state index in [4.69, 9.17) is 9.47 Å². The summed E-state index contributed by atoms with van der Waals surface area (Å²) in [5.41, 5.74) is 1.64. The minimum Gasteiger partial charge on any atom is -0.497 e. The van der Waals surface area contributed by atoms with E-state index in [0.717, 1.165) is 27.8 Å². The fourth-order valence-corrected chi connectivity index (χ4v) is 4.42. The Kier molecular flexibility index (Phi) is 6.05. The molecule has 0 spiro atoms. The lowest BCUT2D eigenvalue weighted by Crippen LogP contribution is -2.64. The summed E-state index contributed by atoms with van der Waals surface area (Å²) in [6.45, 7) is 0. The Morgan fingerprint density at radius 1 is 0.867 bits per heavy atom. The average Bonchev–Trinajstić information content (AvgIpc) is 2.81. The van der Waals surface area contributed by atoms with Gasteiger partial charge >= 0.3 is 0 Å². The van der Waals surface area contributed by atoms with Crippen molar-refractivity contribution in [3.05, 3.63) is 78.9 Å². The van der Waals surface area contributed by atoms with Crippen molar-refractivity contribution in [2.45, 2.75) is 16.2 Å². The van der Waals surface area contributed by atoms with Crippen LogP contribution in [0, 0.1) is 0 Å². The number of thioether (sulfide) groups is 1. The second-order valence-electron chi connectivity index (χ2n) is 6.72. The highest BCUT2D eigenvalue weighted by Crippen LogP contribution is 2.39. The number of ether oxygens (including phenoxy) is 2. The van der Waals surface area contributed by atoms with Gasteiger partial charge in [-0.15, -0.1) is 11.8 Å². The van der Waals surface area contributed by atoms with Gasteiger partial charge in [0.05, 0.1) is 25.9 Å². The maximum atomic E-state index is 13.0. The number of carbonyl (C=O) groups excluding carboxylic acids is 1. The van der Waals surface area contributed by atoms with Crippen LogP contribution in [0.15, 0.2) is 88.8 Å². The summed E-state index contributed by atoms with van der Waals surface area (Å²) in [6, 6.07) is 24.9. The zero-order valence-corrected chi connectivity index (χ0v) is 17.6. The number of nitrogens with zero attached hydrogens (tertiary/aromatic N) is 2. The Morgan fingerprint density at radius 3 is 2.07 bits per heavy atom. The molecule has 0 saturated carbocycles. The molecule has 0 aromatic heterocycles. The highest BCUT2D eigenvalue weighted by molar-refractivity contribution is 8.00. The molecule has 1 saturated heterocycles. The predicted molar refractivity (Wildman–Crippen MR) is 122 cm³/mol. The third kappa shape index (κ3) is 4.19. The summed E-state index contributed by atoms with van der Waals surface area (Å²) in [7, 11) is 3.26. The molecular weight excluding hydrogens is 396 g/mol. The lowest BCUT2D eigenvalue weighted by molar-refractivity contribution is -0.122. The molecule has 6 heteroatoms. The number of β-lactam (4-membered cyclic amide) rings is 1. The predicted octanol–water partition coefficient (Wildman–Crippen LogP) is 4.98. The van der Waals surface area contributed by atoms with Gasteiger partial charge in [-0.3, -0.25) is 9.79 Å². The molecule has 0 radical (unpaired) electrons. The first-order valence-corrected chi connectivity index (χ1v) is 10.4. The first kappa shape index (κ1) is 20.0. The fraction of sp³-hybridized carbons (Fsp3) is 0.167. The molecule has 2 atom stereocenters. The van der Waals surface area contributed by atoms with Crippen LogP contribution in [0.2, 0.25) is 0 Å². The molecule has 0 N–H and O–H groups in total. The summed E-state index contributed by atoms with van der Waals surface area (Å²) in [5.74, 6) is 1.61. The third-order valence-corrected chi connectivity index (χ3v) is 6.17. The van der Waals surface area contributed by atoms with Gasteiger partial charge in [0.1, 0.15) is 16.7 Å². The molecule has 0 unspecified atom stereocenters. The van der Waals surface area contributed by atoms with Crippen LogP contribution in [0.25, 0.3) is 0 Å². The van der Waals surface area contributed by atoms with Crippen LogP contribution in [0.3, 0.4) is 0 Å². The van der Waals surface area contributed by atoms with Crippen LogP contribution >= 0.6 is 11.8 Å². The standard InChI is InChI=1S/C24H22N2O3S/c1-28-19-12-8-17(9-13-19)25-16-22-23(30-21-6-4-3-5-7-21)24(27)26(22)18-10-14-20(29-2)15-11-18/h3-16,22-23H,1-2H3/t22-,23+/m1/s1. The molecule has 30 heavy (non-hydrogen) atoms. The number of anilines is 1. The van der Waals surface area contributed by atoms with E-state index in [1.165, 1.54) is 0 Å². The maximum Gasteiger partial charge on any atom is 0.243 e. The molecule has 3 aromatic carbocycles. The zero-order valence-electron chi connectivity index (χ0n) is 16.8. The van der Waals surface area contributed by atoms with Crippen molar-refractivity contribution < 1.29 is 14.3 Å². The van der Waals surface area contributed by atoms with Crippen molar-refractivity contribution in [2.24, 2.45) is 4.99 Å². The Labute approximate surface area is 180 Å². The normalized spacial score (nSPS) is 18.3. The van der Waals surface area contributed by atoms with Crippen molar-refractivity contribution in [3.8, 4) is 11.5 Å².